The summed E-state index contributed by atoms with van der Waals surface area (Å²) in [5.41, 5.74) is 2.64. The molecule has 0 radical (unpaired) electrons. The predicted octanol–water partition coefficient (Wildman–Crippen LogP) is 1.65. The first kappa shape index (κ1) is 17.4. The highest BCUT2D eigenvalue weighted by Crippen LogP contribution is 2.29. The fraction of sp³-hybridized carbons (Fsp3) is 0.632. The van der Waals surface area contributed by atoms with Crippen LogP contribution in [0.4, 0.5) is 0 Å². The summed E-state index contributed by atoms with van der Waals surface area (Å²) in [6.07, 6.45) is 3.61. The molecule has 132 valence electrons. The van der Waals surface area contributed by atoms with Gasteiger partial charge < -0.3 is 15.2 Å². The maximum absolute atomic E-state index is 12.4. The first-order valence-corrected chi connectivity index (χ1v) is 9.01. The van der Waals surface area contributed by atoms with Crippen LogP contribution >= 0.6 is 0 Å². The maximum atomic E-state index is 12.4. The van der Waals surface area contributed by atoms with Crippen LogP contribution in [0.2, 0.25) is 0 Å². The average molecular weight is 332 g/mol. The summed E-state index contributed by atoms with van der Waals surface area (Å²) in [6, 6.07) is 8.85. The first-order chi connectivity index (χ1) is 11.7. The van der Waals surface area contributed by atoms with E-state index in [1.165, 1.54) is 11.1 Å². The molecule has 2 aliphatic rings. The monoisotopic (exact) mass is 332 g/mol. The molecule has 1 aromatic carbocycles. The van der Waals surface area contributed by atoms with Gasteiger partial charge in [0, 0.05) is 25.6 Å². The lowest BCUT2D eigenvalue weighted by atomic mass is 9.87. The van der Waals surface area contributed by atoms with Crippen LogP contribution in [0.15, 0.2) is 24.3 Å². The van der Waals surface area contributed by atoms with E-state index in [0.29, 0.717) is 26.1 Å². The van der Waals surface area contributed by atoms with Gasteiger partial charge >= 0.3 is 0 Å². The number of hydrogen-bond acceptors (Lipinski definition) is 4. The third-order valence-corrected chi connectivity index (χ3v) is 5.17. The molecule has 3 rings (SSSR count). The molecule has 0 saturated carbocycles. The minimum Gasteiger partial charge on any atom is -0.394 e. The molecule has 2 N–H and O–H groups in total. The van der Waals surface area contributed by atoms with E-state index in [9.17, 15) is 9.90 Å². The van der Waals surface area contributed by atoms with E-state index < -0.39 is 0 Å². The SMILES string of the molecule is CC1COC(CO)CN1CCC(=O)NC1CCCc2ccccc21. The van der Waals surface area contributed by atoms with Gasteiger partial charge in [-0.05, 0) is 37.3 Å². The number of aliphatic hydroxyl groups is 1. The Bertz CT molecular complexity index is 563. The molecule has 24 heavy (non-hydrogen) atoms. The van der Waals surface area contributed by atoms with Gasteiger partial charge in [0.15, 0.2) is 0 Å². The quantitative estimate of drug-likeness (QED) is 0.861. The zero-order chi connectivity index (χ0) is 16.9. The van der Waals surface area contributed by atoms with Crippen molar-refractivity contribution in [3.8, 4) is 0 Å². The van der Waals surface area contributed by atoms with E-state index in [1.807, 2.05) is 6.07 Å². The molecular formula is C19H28N2O3. The molecule has 1 fully saturated rings. The van der Waals surface area contributed by atoms with Gasteiger partial charge in [0.1, 0.15) is 0 Å². The van der Waals surface area contributed by atoms with E-state index >= 15 is 0 Å². The van der Waals surface area contributed by atoms with Crippen LogP contribution in [0.1, 0.15) is 43.4 Å². The minimum absolute atomic E-state index is 0.0360. The van der Waals surface area contributed by atoms with Crippen LogP contribution in [-0.2, 0) is 16.0 Å². The molecule has 1 aliphatic carbocycles. The summed E-state index contributed by atoms with van der Waals surface area (Å²) in [7, 11) is 0. The number of carbonyl (C=O) groups excluding carboxylic acids is 1. The largest absolute Gasteiger partial charge is 0.394 e. The van der Waals surface area contributed by atoms with Crippen molar-refractivity contribution in [1.82, 2.24) is 10.2 Å². The Morgan fingerprint density at radius 3 is 3.08 bits per heavy atom. The smallest absolute Gasteiger partial charge is 0.221 e. The molecule has 5 heteroatoms. The second-order valence-electron chi connectivity index (χ2n) is 6.94. The molecule has 0 bridgehead atoms. The molecule has 0 spiro atoms. The fourth-order valence-electron chi connectivity index (χ4n) is 3.71. The zero-order valence-corrected chi connectivity index (χ0v) is 14.4. The number of rotatable bonds is 5. The Hall–Kier alpha value is -1.43. The number of carbonyl (C=O) groups is 1. The Morgan fingerprint density at radius 2 is 2.25 bits per heavy atom. The summed E-state index contributed by atoms with van der Waals surface area (Å²) in [4.78, 5) is 14.6. The Morgan fingerprint density at radius 1 is 1.42 bits per heavy atom. The number of nitrogens with one attached hydrogen (secondary N) is 1. The lowest BCUT2D eigenvalue weighted by Gasteiger charge is -2.37. The number of hydrogen-bond donors (Lipinski definition) is 2. The number of morpholine rings is 1. The van der Waals surface area contributed by atoms with Gasteiger partial charge in [0.2, 0.25) is 5.91 Å². The van der Waals surface area contributed by atoms with Crippen molar-refractivity contribution in [3.05, 3.63) is 35.4 Å². The van der Waals surface area contributed by atoms with Crippen molar-refractivity contribution in [1.29, 1.82) is 0 Å². The van der Waals surface area contributed by atoms with Crippen LogP contribution in [0.5, 0.6) is 0 Å². The van der Waals surface area contributed by atoms with E-state index in [0.717, 1.165) is 19.3 Å². The lowest BCUT2D eigenvalue weighted by molar-refractivity contribution is -0.123. The molecule has 1 saturated heterocycles. The number of aliphatic hydroxyl groups excluding tert-OH is 1. The summed E-state index contributed by atoms with van der Waals surface area (Å²) in [5.74, 6) is 0.107. The van der Waals surface area contributed by atoms with Crippen LogP contribution < -0.4 is 5.32 Å². The lowest BCUT2D eigenvalue weighted by Crippen LogP contribution is -2.50. The van der Waals surface area contributed by atoms with Crippen LogP contribution in [0.25, 0.3) is 0 Å². The predicted molar refractivity (Wildman–Crippen MR) is 92.7 cm³/mol. The number of ether oxygens (including phenoxy) is 1. The highest BCUT2D eigenvalue weighted by atomic mass is 16.5. The number of nitrogens with zero attached hydrogens (tertiary/aromatic N) is 1. The van der Waals surface area contributed by atoms with E-state index in [1.54, 1.807) is 0 Å². The Labute approximate surface area is 144 Å². The standard InChI is InChI=1S/C19H28N2O3/c1-14-13-24-16(12-22)11-21(14)10-9-19(23)20-18-8-4-6-15-5-2-3-7-17(15)18/h2-3,5,7,14,16,18,22H,4,6,8-13H2,1H3,(H,20,23). The van der Waals surface area contributed by atoms with Gasteiger partial charge in [-0.25, -0.2) is 0 Å². The molecule has 3 unspecified atom stereocenters. The van der Waals surface area contributed by atoms with Crippen molar-refractivity contribution < 1.29 is 14.6 Å². The van der Waals surface area contributed by atoms with Gasteiger partial charge in [-0.1, -0.05) is 24.3 Å². The molecule has 1 heterocycles. The summed E-state index contributed by atoms with van der Waals surface area (Å²) < 4.78 is 5.54. The van der Waals surface area contributed by atoms with Gasteiger partial charge in [-0.2, -0.15) is 0 Å². The molecule has 1 amide bonds. The van der Waals surface area contributed by atoms with Crippen molar-refractivity contribution in [2.24, 2.45) is 0 Å². The maximum Gasteiger partial charge on any atom is 0.221 e. The third-order valence-electron chi connectivity index (χ3n) is 5.17. The minimum atomic E-state index is -0.130. The summed E-state index contributed by atoms with van der Waals surface area (Å²) in [6.45, 7) is 4.15. The van der Waals surface area contributed by atoms with Gasteiger partial charge in [-0.15, -0.1) is 0 Å². The van der Waals surface area contributed by atoms with E-state index in [2.05, 4.69) is 35.3 Å². The molecule has 5 nitrogen and oxygen atoms in total. The Kier molecular flexibility index (Phi) is 5.87. The molecule has 3 atom stereocenters. The highest BCUT2D eigenvalue weighted by Gasteiger charge is 2.26. The highest BCUT2D eigenvalue weighted by molar-refractivity contribution is 5.76. The number of aryl methyl sites for hydroxylation is 1. The molecule has 0 aromatic heterocycles. The topological polar surface area (TPSA) is 61.8 Å². The first-order valence-electron chi connectivity index (χ1n) is 9.01. The van der Waals surface area contributed by atoms with Crippen molar-refractivity contribution >= 4 is 5.91 Å². The van der Waals surface area contributed by atoms with Crippen LogP contribution in [0.3, 0.4) is 0 Å². The zero-order valence-electron chi connectivity index (χ0n) is 14.4. The van der Waals surface area contributed by atoms with Gasteiger partial charge in [0.25, 0.3) is 0 Å². The van der Waals surface area contributed by atoms with E-state index in [-0.39, 0.29) is 30.7 Å². The van der Waals surface area contributed by atoms with Crippen LogP contribution in [-0.4, -0.2) is 54.4 Å². The van der Waals surface area contributed by atoms with Gasteiger partial charge in [0.05, 0.1) is 25.4 Å². The number of amides is 1. The molecular weight excluding hydrogens is 304 g/mol. The van der Waals surface area contributed by atoms with Crippen molar-refractivity contribution in [3.63, 3.8) is 0 Å². The number of fused-ring (bicyclic) bond motifs is 1. The van der Waals surface area contributed by atoms with Gasteiger partial charge in [-0.3, -0.25) is 9.69 Å². The average Bonchev–Trinajstić information content (AvgIpc) is 2.61. The second kappa shape index (κ2) is 8.10. The van der Waals surface area contributed by atoms with Crippen molar-refractivity contribution in [2.75, 3.05) is 26.3 Å². The Balaban J connectivity index is 1.51. The van der Waals surface area contributed by atoms with Crippen molar-refractivity contribution in [2.45, 2.75) is 50.8 Å². The third kappa shape index (κ3) is 4.15. The second-order valence-corrected chi connectivity index (χ2v) is 6.94. The van der Waals surface area contributed by atoms with E-state index in [4.69, 9.17) is 4.74 Å². The molecule has 1 aromatic rings. The number of benzene rings is 1. The van der Waals surface area contributed by atoms with Crippen LogP contribution in [0, 0.1) is 0 Å². The fourth-order valence-corrected chi connectivity index (χ4v) is 3.71. The normalized spacial score (nSPS) is 27.5. The summed E-state index contributed by atoms with van der Waals surface area (Å²) >= 11 is 0. The summed E-state index contributed by atoms with van der Waals surface area (Å²) in [5, 5.41) is 12.5. The molecule has 1 aliphatic heterocycles.